The van der Waals surface area contributed by atoms with Gasteiger partial charge in [-0.05, 0) is 42.5 Å². The lowest BCUT2D eigenvalue weighted by molar-refractivity contribution is 0.102. The van der Waals surface area contributed by atoms with Crippen molar-refractivity contribution in [3.05, 3.63) is 97.1 Å². The fraction of sp³-hybridized carbons (Fsp3) is 0. The van der Waals surface area contributed by atoms with E-state index < -0.39 is 0 Å². The molecule has 6 heteroatoms. The Kier molecular flexibility index (Phi) is 4.61. The molecule has 0 saturated carbocycles. The summed E-state index contributed by atoms with van der Waals surface area (Å²) in [6.45, 7) is 0. The molecule has 0 aliphatic carbocycles. The molecule has 0 atom stereocenters. The molecule has 0 unspecified atom stereocenters. The Labute approximate surface area is 156 Å². The maximum atomic E-state index is 12.8. The maximum Gasteiger partial charge on any atom is 0.257 e. The molecule has 132 valence electrons. The SMILES string of the molecule is O=C(Nc1cccc(-n2cnnc2)c1)c1ccccc1Nc1ccccc1. The van der Waals surface area contributed by atoms with Gasteiger partial charge in [-0.3, -0.25) is 9.36 Å². The average molecular weight is 355 g/mol. The van der Waals surface area contributed by atoms with Gasteiger partial charge in [0.1, 0.15) is 12.7 Å². The van der Waals surface area contributed by atoms with Crippen LogP contribution >= 0.6 is 0 Å². The van der Waals surface area contributed by atoms with Crippen molar-refractivity contribution in [1.82, 2.24) is 14.8 Å². The van der Waals surface area contributed by atoms with E-state index in [1.807, 2.05) is 72.8 Å². The van der Waals surface area contributed by atoms with Gasteiger partial charge in [-0.1, -0.05) is 36.4 Å². The van der Waals surface area contributed by atoms with Gasteiger partial charge in [0, 0.05) is 11.4 Å². The molecule has 27 heavy (non-hydrogen) atoms. The Morgan fingerprint density at radius 1 is 0.778 bits per heavy atom. The highest BCUT2D eigenvalue weighted by molar-refractivity contribution is 6.08. The van der Waals surface area contributed by atoms with Crippen molar-refractivity contribution < 1.29 is 4.79 Å². The molecule has 0 bridgehead atoms. The number of rotatable bonds is 5. The highest BCUT2D eigenvalue weighted by Crippen LogP contribution is 2.22. The molecule has 0 aliphatic heterocycles. The number of carbonyl (C=O) groups excluding carboxylic acids is 1. The van der Waals surface area contributed by atoms with Crippen molar-refractivity contribution in [3.8, 4) is 5.69 Å². The van der Waals surface area contributed by atoms with Crippen molar-refractivity contribution >= 4 is 23.0 Å². The van der Waals surface area contributed by atoms with Crippen LogP contribution in [0.1, 0.15) is 10.4 Å². The smallest absolute Gasteiger partial charge is 0.257 e. The molecule has 0 saturated heterocycles. The zero-order valence-electron chi connectivity index (χ0n) is 14.4. The molecular formula is C21H17N5O. The van der Waals surface area contributed by atoms with Gasteiger partial charge in [0.05, 0.1) is 16.9 Å². The summed E-state index contributed by atoms with van der Waals surface area (Å²) < 4.78 is 1.78. The number of hydrogen-bond donors (Lipinski definition) is 2. The lowest BCUT2D eigenvalue weighted by Gasteiger charge is -2.13. The molecule has 6 nitrogen and oxygen atoms in total. The van der Waals surface area contributed by atoms with Crippen LogP contribution in [0, 0.1) is 0 Å². The van der Waals surface area contributed by atoms with Crippen LogP contribution in [0.4, 0.5) is 17.1 Å². The summed E-state index contributed by atoms with van der Waals surface area (Å²) in [5.41, 5.74) is 3.80. The predicted molar refractivity (Wildman–Crippen MR) is 105 cm³/mol. The summed E-state index contributed by atoms with van der Waals surface area (Å²) in [4.78, 5) is 12.8. The van der Waals surface area contributed by atoms with Gasteiger partial charge in [-0.25, -0.2) is 0 Å². The van der Waals surface area contributed by atoms with Gasteiger partial charge in [-0.15, -0.1) is 10.2 Å². The summed E-state index contributed by atoms with van der Waals surface area (Å²) in [7, 11) is 0. The molecule has 1 heterocycles. The van der Waals surface area contributed by atoms with E-state index in [4.69, 9.17) is 0 Å². The summed E-state index contributed by atoms with van der Waals surface area (Å²) in [5, 5.41) is 13.9. The minimum absolute atomic E-state index is 0.185. The standard InChI is InChI=1S/C21H17N5O/c27-21(25-17-9-6-10-18(13-17)26-14-22-23-15-26)19-11-4-5-12-20(19)24-16-7-2-1-3-8-16/h1-15,24H,(H,25,27). The highest BCUT2D eigenvalue weighted by atomic mass is 16.1. The van der Waals surface area contributed by atoms with Crippen LogP contribution in [0.3, 0.4) is 0 Å². The van der Waals surface area contributed by atoms with Crippen LogP contribution in [0.2, 0.25) is 0 Å². The van der Waals surface area contributed by atoms with Gasteiger partial charge in [-0.2, -0.15) is 0 Å². The van der Waals surface area contributed by atoms with Crippen LogP contribution in [-0.2, 0) is 0 Å². The number of hydrogen-bond acceptors (Lipinski definition) is 4. The topological polar surface area (TPSA) is 71.8 Å². The second-order valence-electron chi connectivity index (χ2n) is 5.91. The van der Waals surface area contributed by atoms with Gasteiger partial charge >= 0.3 is 0 Å². The van der Waals surface area contributed by atoms with E-state index in [1.165, 1.54) is 0 Å². The number of nitrogens with zero attached hydrogens (tertiary/aromatic N) is 3. The number of aromatic nitrogens is 3. The van der Waals surface area contributed by atoms with Crippen molar-refractivity contribution in [2.24, 2.45) is 0 Å². The van der Waals surface area contributed by atoms with E-state index in [2.05, 4.69) is 20.8 Å². The van der Waals surface area contributed by atoms with Gasteiger partial charge in [0.15, 0.2) is 0 Å². The van der Waals surface area contributed by atoms with E-state index in [9.17, 15) is 4.79 Å². The van der Waals surface area contributed by atoms with Crippen LogP contribution in [-0.4, -0.2) is 20.7 Å². The van der Waals surface area contributed by atoms with E-state index in [1.54, 1.807) is 23.3 Å². The van der Waals surface area contributed by atoms with Crippen molar-refractivity contribution in [2.75, 3.05) is 10.6 Å². The number of amides is 1. The van der Waals surface area contributed by atoms with Crippen LogP contribution in [0.5, 0.6) is 0 Å². The third-order valence-corrected chi connectivity index (χ3v) is 4.05. The molecule has 2 N–H and O–H groups in total. The monoisotopic (exact) mass is 355 g/mol. The van der Waals surface area contributed by atoms with Gasteiger partial charge in [0.25, 0.3) is 5.91 Å². The summed E-state index contributed by atoms with van der Waals surface area (Å²) in [5.74, 6) is -0.185. The Balaban J connectivity index is 1.56. The molecule has 0 spiro atoms. The predicted octanol–water partition coefficient (Wildman–Crippen LogP) is 4.26. The molecular weight excluding hydrogens is 338 g/mol. The minimum atomic E-state index is -0.185. The van der Waals surface area contributed by atoms with E-state index in [-0.39, 0.29) is 5.91 Å². The number of para-hydroxylation sites is 2. The van der Waals surface area contributed by atoms with Crippen molar-refractivity contribution in [2.45, 2.75) is 0 Å². The van der Waals surface area contributed by atoms with Crippen LogP contribution in [0.15, 0.2) is 91.5 Å². The zero-order chi connectivity index (χ0) is 18.5. The third kappa shape index (κ3) is 3.85. The molecule has 0 aliphatic rings. The fourth-order valence-corrected chi connectivity index (χ4v) is 2.74. The zero-order valence-corrected chi connectivity index (χ0v) is 14.4. The first-order chi connectivity index (χ1) is 13.3. The Morgan fingerprint density at radius 3 is 2.30 bits per heavy atom. The molecule has 0 fully saturated rings. The van der Waals surface area contributed by atoms with Gasteiger partial charge < -0.3 is 10.6 Å². The summed E-state index contributed by atoms with van der Waals surface area (Å²) in [6, 6.07) is 24.7. The van der Waals surface area contributed by atoms with Crippen molar-refractivity contribution in [1.29, 1.82) is 0 Å². The molecule has 3 aromatic carbocycles. The molecule has 0 radical (unpaired) electrons. The first kappa shape index (κ1) is 16.5. The molecule has 4 aromatic rings. The normalized spacial score (nSPS) is 10.4. The first-order valence-electron chi connectivity index (χ1n) is 8.47. The quantitative estimate of drug-likeness (QED) is 0.561. The second kappa shape index (κ2) is 7.53. The number of carbonyl (C=O) groups is 1. The molecule has 1 aromatic heterocycles. The lowest BCUT2D eigenvalue weighted by atomic mass is 10.1. The van der Waals surface area contributed by atoms with Crippen molar-refractivity contribution in [3.63, 3.8) is 0 Å². The van der Waals surface area contributed by atoms with Gasteiger partial charge in [0.2, 0.25) is 0 Å². The van der Waals surface area contributed by atoms with Crippen LogP contribution in [0.25, 0.3) is 5.69 Å². The Hall–Kier alpha value is -3.93. The number of benzene rings is 3. The Bertz CT molecular complexity index is 1050. The largest absolute Gasteiger partial charge is 0.355 e. The third-order valence-electron chi connectivity index (χ3n) is 4.05. The van der Waals surface area contributed by atoms with E-state index in [0.717, 1.165) is 17.1 Å². The second-order valence-corrected chi connectivity index (χ2v) is 5.91. The van der Waals surface area contributed by atoms with E-state index >= 15 is 0 Å². The first-order valence-corrected chi connectivity index (χ1v) is 8.47. The molecule has 1 amide bonds. The average Bonchev–Trinajstić information content (AvgIpc) is 3.24. The fourth-order valence-electron chi connectivity index (χ4n) is 2.74. The van der Waals surface area contributed by atoms with E-state index in [0.29, 0.717) is 11.3 Å². The lowest BCUT2D eigenvalue weighted by Crippen LogP contribution is -2.14. The number of nitrogens with one attached hydrogen (secondary N) is 2. The highest BCUT2D eigenvalue weighted by Gasteiger charge is 2.12. The summed E-state index contributed by atoms with van der Waals surface area (Å²) >= 11 is 0. The minimum Gasteiger partial charge on any atom is -0.355 e. The maximum absolute atomic E-state index is 12.8. The number of anilines is 3. The van der Waals surface area contributed by atoms with Crippen LogP contribution < -0.4 is 10.6 Å². The summed E-state index contributed by atoms with van der Waals surface area (Å²) in [6.07, 6.45) is 3.22. The Morgan fingerprint density at radius 2 is 1.48 bits per heavy atom. The molecule has 4 rings (SSSR count).